The first kappa shape index (κ1) is 31.8. The molecular weight excluding hydrogens is 607 g/mol. The summed E-state index contributed by atoms with van der Waals surface area (Å²) in [6, 6.07) is 14.3. The standard InChI is InChI=1S/C32H36Cl2N4O6/c1-41-25-16-21(17-26(42-2)28(25)43-3)29(39)38-19-32(44-20-38,22-7-8-23(33)24(34)18-22)11-15-37-13-9-31(10-14-37,30(35)40)27-6-4-5-12-36-27/h4-8,12,16-18H,9-11,13-15,19-20H2,1-3H3,(H2,35,40). The lowest BCUT2D eigenvalue weighted by Crippen LogP contribution is -2.51. The first-order chi connectivity index (χ1) is 21.2. The molecule has 2 aromatic carbocycles. The molecule has 0 aliphatic carbocycles. The van der Waals surface area contributed by atoms with Gasteiger partial charge in [-0.05, 0) is 74.3 Å². The monoisotopic (exact) mass is 642 g/mol. The second-order valence-corrected chi connectivity index (χ2v) is 11.9. The third-order valence-corrected chi connectivity index (χ3v) is 9.49. The lowest BCUT2D eigenvalue weighted by atomic mass is 9.74. The van der Waals surface area contributed by atoms with Crippen LogP contribution in [0.15, 0.2) is 54.7 Å². The van der Waals surface area contributed by atoms with E-state index < -0.39 is 11.0 Å². The SMILES string of the molecule is COc1cc(C(=O)N2COC(CCN3CCC(C(N)=O)(c4ccccn4)CC3)(c3ccc(Cl)c(Cl)c3)C2)cc(OC)c1OC. The zero-order valence-corrected chi connectivity index (χ0v) is 26.5. The van der Waals surface area contributed by atoms with Gasteiger partial charge in [0.1, 0.15) is 12.3 Å². The minimum Gasteiger partial charge on any atom is -0.493 e. The van der Waals surface area contributed by atoms with E-state index in [-0.39, 0.29) is 25.1 Å². The first-order valence-electron chi connectivity index (χ1n) is 14.3. The van der Waals surface area contributed by atoms with Gasteiger partial charge in [-0.25, -0.2) is 0 Å². The number of aromatic nitrogens is 1. The summed E-state index contributed by atoms with van der Waals surface area (Å²) >= 11 is 12.7. The quantitative estimate of drug-likeness (QED) is 0.340. The number of pyridine rings is 1. The third kappa shape index (κ3) is 6.04. The minimum absolute atomic E-state index is 0.0696. The van der Waals surface area contributed by atoms with Crippen molar-refractivity contribution < 1.29 is 28.5 Å². The fourth-order valence-corrected chi connectivity index (χ4v) is 6.44. The van der Waals surface area contributed by atoms with Crippen LogP contribution in [0.1, 0.15) is 40.9 Å². The summed E-state index contributed by atoms with van der Waals surface area (Å²) < 4.78 is 22.8. The molecule has 0 bridgehead atoms. The Bertz CT molecular complexity index is 1490. The molecule has 3 heterocycles. The lowest BCUT2D eigenvalue weighted by Gasteiger charge is -2.40. The third-order valence-electron chi connectivity index (χ3n) is 8.76. The maximum Gasteiger partial charge on any atom is 0.256 e. The summed E-state index contributed by atoms with van der Waals surface area (Å²) in [6.07, 6.45) is 3.38. The van der Waals surface area contributed by atoms with Gasteiger partial charge in [0, 0.05) is 18.3 Å². The number of amides is 2. The van der Waals surface area contributed by atoms with Crippen molar-refractivity contribution in [3.8, 4) is 17.2 Å². The Kier molecular flexibility index (Phi) is 9.55. The summed E-state index contributed by atoms with van der Waals surface area (Å²) in [6.45, 7) is 2.33. The van der Waals surface area contributed by atoms with E-state index in [0.29, 0.717) is 77.4 Å². The van der Waals surface area contributed by atoms with Crippen LogP contribution in [0, 0.1) is 0 Å². The molecule has 2 aliphatic heterocycles. The van der Waals surface area contributed by atoms with Crippen LogP contribution in [-0.2, 0) is 20.5 Å². The highest BCUT2D eigenvalue weighted by Gasteiger charge is 2.46. The number of benzene rings is 2. The van der Waals surface area contributed by atoms with Crippen molar-refractivity contribution in [2.24, 2.45) is 5.73 Å². The van der Waals surface area contributed by atoms with Crippen LogP contribution in [0.25, 0.3) is 0 Å². The van der Waals surface area contributed by atoms with Gasteiger partial charge < -0.3 is 34.5 Å². The Hall–Kier alpha value is -3.57. The number of hydrogen-bond donors (Lipinski definition) is 1. The molecule has 10 nitrogen and oxygen atoms in total. The molecule has 0 radical (unpaired) electrons. The number of halogens is 2. The fraction of sp³-hybridized carbons (Fsp3) is 0.406. The van der Waals surface area contributed by atoms with Crippen LogP contribution in [0.2, 0.25) is 10.0 Å². The highest BCUT2D eigenvalue weighted by molar-refractivity contribution is 6.42. The van der Waals surface area contributed by atoms with Crippen LogP contribution < -0.4 is 19.9 Å². The average Bonchev–Trinajstić information content (AvgIpc) is 3.50. The molecule has 0 spiro atoms. The first-order valence-corrected chi connectivity index (χ1v) is 15.0. The summed E-state index contributed by atoms with van der Waals surface area (Å²) in [5.74, 6) is 0.566. The molecule has 0 saturated carbocycles. The number of piperidine rings is 1. The number of ether oxygens (including phenoxy) is 4. The van der Waals surface area contributed by atoms with Crippen LogP contribution in [0.3, 0.4) is 0 Å². The van der Waals surface area contributed by atoms with Crippen molar-refractivity contribution in [3.05, 3.63) is 81.6 Å². The molecule has 12 heteroatoms. The molecule has 1 aromatic heterocycles. The van der Waals surface area contributed by atoms with Crippen molar-refractivity contribution in [1.82, 2.24) is 14.8 Å². The largest absolute Gasteiger partial charge is 0.493 e. The van der Waals surface area contributed by atoms with Crippen molar-refractivity contribution in [1.29, 1.82) is 0 Å². The van der Waals surface area contributed by atoms with E-state index in [1.165, 1.54) is 21.3 Å². The van der Waals surface area contributed by atoms with E-state index in [1.54, 1.807) is 35.4 Å². The molecule has 1 atom stereocenters. The Morgan fingerprint density at radius 3 is 2.25 bits per heavy atom. The number of carbonyl (C=O) groups excluding carboxylic acids is 2. The second kappa shape index (κ2) is 13.2. The number of carbonyl (C=O) groups is 2. The van der Waals surface area contributed by atoms with E-state index in [9.17, 15) is 9.59 Å². The van der Waals surface area contributed by atoms with E-state index in [1.807, 2.05) is 24.3 Å². The van der Waals surface area contributed by atoms with Crippen LogP contribution in [0.5, 0.6) is 17.2 Å². The van der Waals surface area contributed by atoms with Crippen LogP contribution >= 0.6 is 23.2 Å². The molecule has 44 heavy (non-hydrogen) atoms. The molecule has 3 aromatic rings. The van der Waals surface area contributed by atoms with E-state index in [0.717, 1.165) is 5.56 Å². The molecule has 1 unspecified atom stereocenters. The fourth-order valence-electron chi connectivity index (χ4n) is 6.14. The Morgan fingerprint density at radius 2 is 1.68 bits per heavy atom. The van der Waals surface area contributed by atoms with Crippen molar-refractivity contribution in [3.63, 3.8) is 0 Å². The normalized spacial score (nSPS) is 19.9. The maximum absolute atomic E-state index is 13.8. The number of likely N-dealkylation sites (tertiary alicyclic amines) is 1. The number of methoxy groups -OCH3 is 3. The Balaban J connectivity index is 1.36. The highest BCUT2D eigenvalue weighted by atomic mass is 35.5. The van der Waals surface area contributed by atoms with Gasteiger partial charge >= 0.3 is 0 Å². The molecule has 2 aliphatic rings. The Morgan fingerprint density at radius 1 is 0.977 bits per heavy atom. The van der Waals surface area contributed by atoms with Crippen LogP contribution in [0.4, 0.5) is 0 Å². The predicted octanol–water partition coefficient (Wildman–Crippen LogP) is 4.65. The second-order valence-electron chi connectivity index (χ2n) is 11.1. The summed E-state index contributed by atoms with van der Waals surface area (Å²) in [4.78, 5) is 34.8. The zero-order valence-electron chi connectivity index (χ0n) is 25.0. The minimum atomic E-state index is -0.844. The van der Waals surface area contributed by atoms with Gasteiger partial charge in [0.25, 0.3) is 5.91 Å². The number of nitrogens with zero attached hydrogens (tertiary/aromatic N) is 3. The molecular formula is C32H36Cl2N4O6. The van der Waals surface area contributed by atoms with Gasteiger partial charge in [-0.15, -0.1) is 0 Å². The predicted molar refractivity (Wildman–Crippen MR) is 167 cm³/mol. The van der Waals surface area contributed by atoms with Crippen LogP contribution in [-0.4, -0.2) is 80.8 Å². The molecule has 5 rings (SSSR count). The average molecular weight is 644 g/mol. The highest BCUT2D eigenvalue weighted by Crippen LogP contribution is 2.42. The zero-order chi connectivity index (χ0) is 31.5. The summed E-state index contributed by atoms with van der Waals surface area (Å²) in [7, 11) is 4.52. The van der Waals surface area contributed by atoms with Gasteiger partial charge in [0.05, 0.1) is 49.0 Å². The van der Waals surface area contributed by atoms with E-state index in [2.05, 4.69) is 9.88 Å². The number of primary amides is 1. The lowest BCUT2D eigenvalue weighted by molar-refractivity contribution is -0.125. The maximum atomic E-state index is 13.8. The van der Waals surface area contributed by atoms with Gasteiger partial charge in [0.2, 0.25) is 11.7 Å². The number of hydrogen-bond acceptors (Lipinski definition) is 8. The van der Waals surface area contributed by atoms with Crippen molar-refractivity contribution in [2.45, 2.75) is 30.3 Å². The molecule has 2 amide bonds. The van der Waals surface area contributed by atoms with Gasteiger partial charge in [-0.1, -0.05) is 35.3 Å². The molecule has 2 fully saturated rings. The number of nitrogens with two attached hydrogens (primary N) is 1. The molecule has 2 N–H and O–H groups in total. The summed E-state index contributed by atoms with van der Waals surface area (Å²) in [5.41, 5.74) is 6.18. The van der Waals surface area contributed by atoms with Crippen molar-refractivity contribution >= 4 is 35.0 Å². The Labute approximate surface area is 266 Å². The van der Waals surface area contributed by atoms with E-state index >= 15 is 0 Å². The number of rotatable bonds is 10. The van der Waals surface area contributed by atoms with E-state index in [4.69, 9.17) is 47.9 Å². The smallest absolute Gasteiger partial charge is 0.256 e. The van der Waals surface area contributed by atoms with Crippen molar-refractivity contribution in [2.75, 3.05) is 54.2 Å². The molecule has 234 valence electrons. The summed E-state index contributed by atoms with van der Waals surface area (Å²) in [5, 5.41) is 0.836. The molecule has 2 saturated heterocycles. The van der Waals surface area contributed by atoms with Gasteiger partial charge in [-0.2, -0.15) is 0 Å². The van der Waals surface area contributed by atoms with Gasteiger partial charge in [-0.3, -0.25) is 14.6 Å². The topological polar surface area (TPSA) is 116 Å². The van der Waals surface area contributed by atoms with Gasteiger partial charge in [0.15, 0.2) is 11.5 Å².